The van der Waals surface area contributed by atoms with Crippen molar-refractivity contribution in [3.63, 3.8) is 0 Å². The minimum absolute atomic E-state index is 0. The van der Waals surface area contributed by atoms with Gasteiger partial charge >= 0.3 is 0 Å². The molecule has 0 spiro atoms. The molecule has 0 bridgehead atoms. The first kappa shape index (κ1) is 26.1. The Morgan fingerprint density at radius 1 is 1.06 bits per heavy atom. The molecule has 1 aliphatic rings. The number of rotatable bonds is 9. The molecule has 174 valence electrons. The van der Waals surface area contributed by atoms with Crippen molar-refractivity contribution in [1.82, 2.24) is 15.5 Å². The van der Waals surface area contributed by atoms with Crippen LogP contribution in [0.3, 0.4) is 0 Å². The number of carbonyl (C=O) groups excluding carboxylic acids is 1. The maximum absolute atomic E-state index is 13.1. The zero-order chi connectivity index (χ0) is 22.1. The van der Waals surface area contributed by atoms with E-state index in [1.807, 2.05) is 6.07 Å². The number of primary amides is 1. The van der Waals surface area contributed by atoms with Crippen LogP contribution < -0.4 is 16.4 Å². The van der Waals surface area contributed by atoms with Crippen LogP contribution in [0.4, 0.5) is 4.39 Å². The third kappa shape index (κ3) is 7.74. The van der Waals surface area contributed by atoms with Crippen LogP contribution in [0.15, 0.2) is 59.6 Å². The largest absolute Gasteiger partial charge is 0.369 e. The Labute approximate surface area is 206 Å². The topological polar surface area (TPSA) is 82.7 Å². The molecule has 2 unspecified atom stereocenters. The Kier molecular flexibility index (Phi) is 10.9. The fraction of sp³-hybridized carbons (Fsp3) is 0.417. The van der Waals surface area contributed by atoms with Crippen molar-refractivity contribution >= 4 is 35.8 Å². The number of amides is 1. The highest BCUT2D eigenvalue weighted by atomic mass is 127. The molecule has 1 aliphatic heterocycles. The van der Waals surface area contributed by atoms with E-state index in [1.165, 1.54) is 30.5 Å². The first-order chi connectivity index (χ1) is 15.1. The third-order valence-electron chi connectivity index (χ3n) is 5.77. The molecule has 2 aromatic carbocycles. The van der Waals surface area contributed by atoms with Crippen molar-refractivity contribution in [3.8, 4) is 0 Å². The second-order valence-corrected chi connectivity index (χ2v) is 7.93. The van der Waals surface area contributed by atoms with E-state index >= 15 is 0 Å². The molecular weight excluding hydrogens is 520 g/mol. The smallest absolute Gasteiger partial charge is 0.222 e. The Morgan fingerprint density at radius 2 is 1.69 bits per heavy atom. The Morgan fingerprint density at radius 3 is 2.28 bits per heavy atom. The summed E-state index contributed by atoms with van der Waals surface area (Å²) in [6.07, 6.45) is 2.89. The van der Waals surface area contributed by atoms with Crippen LogP contribution in [0.2, 0.25) is 0 Å². The number of hydrogen-bond acceptors (Lipinski definition) is 3. The van der Waals surface area contributed by atoms with Gasteiger partial charge in [-0.25, -0.2) is 4.39 Å². The molecule has 0 radical (unpaired) electrons. The highest BCUT2D eigenvalue weighted by Crippen LogP contribution is 2.24. The van der Waals surface area contributed by atoms with Gasteiger partial charge in [-0.3, -0.25) is 14.7 Å². The molecular formula is C24H33FIN5O. The zero-order valence-electron chi connectivity index (χ0n) is 18.5. The van der Waals surface area contributed by atoms with E-state index < -0.39 is 11.8 Å². The molecule has 3 rings (SSSR count). The molecule has 4 N–H and O–H groups in total. The standard InChI is InChI=1S/C24H32FN5O.HI/c1-27-24(28-16-20(23(26)31)15-18-9-11-21(25)12-10-18)29-17-22(30-13-5-6-14-30)19-7-3-2-4-8-19;/h2-4,7-12,20,22H,5-6,13-17H2,1H3,(H2,26,31)(H2,27,28,29);1H. The van der Waals surface area contributed by atoms with Gasteiger partial charge < -0.3 is 16.4 Å². The number of hydrogen-bond donors (Lipinski definition) is 3. The number of guanidine groups is 1. The van der Waals surface area contributed by atoms with E-state index in [0.29, 0.717) is 25.5 Å². The fourth-order valence-electron chi connectivity index (χ4n) is 4.00. The summed E-state index contributed by atoms with van der Waals surface area (Å²) in [5.74, 6) is -0.488. The Hall–Kier alpha value is -2.20. The first-order valence-electron chi connectivity index (χ1n) is 10.8. The van der Waals surface area contributed by atoms with Crippen LogP contribution in [-0.2, 0) is 11.2 Å². The van der Waals surface area contributed by atoms with Crippen LogP contribution in [0.25, 0.3) is 0 Å². The van der Waals surface area contributed by atoms with Gasteiger partial charge in [0.05, 0.1) is 12.0 Å². The van der Waals surface area contributed by atoms with E-state index in [0.717, 1.165) is 18.7 Å². The summed E-state index contributed by atoms with van der Waals surface area (Å²) in [5, 5.41) is 6.63. The summed E-state index contributed by atoms with van der Waals surface area (Å²) in [5.41, 5.74) is 7.75. The predicted molar refractivity (Wildman–Crippen MR) is 138 cm³/mol. The molecule has 32 heavy (non-hydrogen) atoms. The van der Waals surface area contributed by atoms with Crippen molar-refractivity contribution in [2.24, 2.45) is 16.6 Å². The number of nitrogens with zero attached hydrogens (tertiary/aromatic N) is 2. The van der Waals surface area contributed by atoms with Crippen LogP contribution in [0, 0.1) is 11.7 Å². The molecule has 1 saturated heterocycles. The van der Waals surface area contributed by atoms with Gasteiger partial charge in [0, 0.05) is 20.1 Å². The Bertz CT molecular complexity index is 856. The molecule has 2 aromatic rings. The number of aliphatic imine (C=N–C) groups is 1. The average molecular weight is 553 g/mol. The summed E-state index contributed by atoms with van der Waals surface area (Å²) < 4.78 is 13.1. The summed E-state index contributed by atoms with van der Waals surface area (Å²) >= 11 is 0. The number of nitrogens with two attached hydrogens (primary N) is 1. The number of benzene rings is 2. The van der Waals surface area contributed by atoms with Crippen LogP contribution in [0.1, 0.15) is 30.0 Å². The van der Waals surface area contributed by atoms with Gasteiger partial charge in [-0.05, 0) is 55.6 Å². The lowest BCUT2D eigenvalue weighted by Gasteiger charge is -2.29. The normalized spacial score (nSPS) is 16.1. The maximum atomic E-state index is 13.1. The lowest BCUT2D eigenvalue weighted by Crippen LogP contribution is -2.45. The molecule has 1 amide bonds. The van der Waals surface area contributed by atoms with Gasteiger partial charge in [0.25, 0.3) is 0 Å². The number of likely N-dealkylation sites (tertiary alicyclic amines) is 1. The van der Waals surface area contributed by atoms with E-state index in [-0.39, 0.29) is 35.8 Å². The molecule has 6 nitrogen and oxygen atoms in total. The monoisotopic (exact) mass is 553 g/mol. The highest BCUT2D eigenvalue weighted by Gasteiger charge is 2.24. The van der Waals surface area contributed by atoms with Gasteiger partial charge in [0.15, 0.2) is 5.96 Å². The number of nitrogens with one attached hydrogen (secondary N) is 2. The van der Waals surface area contributed by atoms with Gasteiger partial charge in [-0.15, -0.1) is 24.0 Å². The average Bonchev–Trinajstić information content (AvgIpc) is 3.31. The summed E-state index contributed by atoms with van der Waals surface area (Å²) in [6, 6.07) is 16.9. The van der Waals surface area contributed by atoms with Gasteiger partial charge in [-0.2, -0.15) is 0 Å². The molecule has 8 heteroatoms. The molecule has 1 heterocycles. The minimum Gasteiger partial charge on any atom is -0.369 e. The van der Waals surface area contributed by atoms with Crippen molar-refractivity contribution in [3.05, 3.63) is 71.5 Å². The van der Waals surface area contributed by atoms with Crippen LogP contribution >= 0.6 is 24.0 Å². The van der Waals surface area contributed by atoms with Crippen molar-refractivity contribution in [2.45, 2.75) is 25.3 Å². The van der Waals surface area contributed by atoms with Crippen LogP contribution in [-0.4, -0.2) is 50.0 Å². The minimum atomic E-state index is -0.424. The van der Waals surface area contributed by atoms with E-state index in [1.54, 1.807) is 19.2 Å². The molecule has 1 fully saturated rings. The molecule has 0 saturated carbocycles. The van der Waals surface area contributed by atoms with Gasteiger partial charge in [0.2, 0.25) is 5.91 Å². The van der Waals surface area contributed by atoms with Crippen molar-refractivity contribution in [1.29, 1.82) is 0 Å². The van der Waals surface area contributed by atoms with Crippen molar-refractivity contribution in [2.75, 3.05) is 33.2 Å². The predicted octanol–water partition coefficient (Wildman–Crippen LogP) is 3.09. The second-order valence-electron chi connectivity index (χ2n) is 7.93. The number of carbonyl (C=O) groups is 1. The SMILES string of the molecule is CN=C(NCC(Cc1ccc(F)cc1)C(N)=O)NCC(c1ccccc1)N1CCCC1.I. The maximum Gasteiger partial charge on any atom is 0.222 e. The highest BCUT2D eigenvalue weighted by molar-refractivity contribution is 14.0. The first-order valence-corrected chi connectivity index (χ1v) is 10.8. The molecule has 0 aliphatic carbocycles. The summed E-state index contributed by atoms with van der Waals surface area (Å²) in [7, 11) is 1.71. The van der Waals surface area contributed by atoms with Crippen LogP contribution in [0.5, 0.6) is 0 Å². The van der Waals surface area contributed by atoms with E-state index in [4.69, 9.17) is 5.73 Å². The molecule has 2 atom stereocenters. The van der Waals surface area contributed by atoms with E-state index in [2.05, 4.69) is 44.8 Å². The third-order valence-corrected chi connectivity index (χ3v) is 5.77. The fourth-order valence-corrected chi connectivity index (χ4v) is 4.00. The summed E-state index contributed by atoms with van der Waals surface area (Å²) in [4.78, 5) is 18.7. The van der Waals surface area contributed by atoms with Crippen molar-refractivity contribution < 1.29 is 9.18 Å². The lowest BCUT2D eigenvalue weighted by molar-refractivity contribution is -0.121. The second kappa shape index (κ2) is 13.4. The molecule has 0 aromatic heterocycles. The van der Waals surface area contributed by atoms with E-state index in [9.17, 15) is 9.18 Å². The lowest BCUT2D eigenvalue weighted by atomic mass is 9.98. The Balaban J connectivity index is 0.00000363. The van der Waals surface area contributed by atoms with Gasteiger partial charge in [0.1, 0.15) is 5.82 Å². The quantitative estimate of drug-likeness (QED) is 0.253. The zero-order valence-corrected chi connectivity index (χ0v) is 20.8. The van der Waals surface area contributed by atoms with Gasteiger partial charge in [-0.1, -0.05) is 42.5 Å². The number of halogens is 2. The summed E-state index contributed by atoms with van der Waals surface area (Å²) in [6.45, 7) is 3.25.